The number of rotatable bonds is 6. The summed E-state index contributed by atoms with van der Waals surface area (Å²) in [5.41, 5.74) is 2.01. The lowest BCUT2D eigenvalue weighted by Gasteiger charge is -2.34. The molecule has 0 bridgehead atoms. The number of aliphatic carboxylic acids is 1. The third-order valence-corrected chi connectivity index (χ3v) is 5.53. The minimum Gasteiger partial charge on any atom is -0.481 e. The summed E-state index contributed by atoms with van der Waals surface area (Å²) in [6.07, 6.45) is 1.08. The molecule has 0 heterocycles. The number of carboxylic acid groups (broad SMARTS) is 1. The van der Waals surface area contributed by atoms with Crippen molar-refractivity contribution in [3.05, 3.63) is 71.0 Å². The van der Waals surface area contributed by atoms with Crippen molar-refractivity contribution in [3.63, 3.8) is 0 Å². The fraction of sp³-hybridized carbons (Fsp3) is 0.348. The number of ketones is 2. The fourth-order valence-corrected chi connectivity index (χ4v) is 4.12. The highest BCUT2D eigenvalue weighted by molar-refractivity contribution is 6.04. The molecule has 1 aliphatic carbocycles. The molecule has 3 rings (SSSR count). The molecule has 0 saturated carbocycles. The second kappa shape index (κ2) is 8.05. The molecule has 0 fully saturated rings. The fourth-order valence-electron chi connectivity index (χ4n) is 4.12. The van der Waals surface area contributed by atoms with Crippen molar-refractivity contribution in [3.8, 4) is 0 Å². The summed E-state index contributed by atoms with van der Waals surface area (Å²) in [6.45, 7) is 3.30. The predicted octanol–water partition coefficient (Wildman–Crippen LogP) is 4.28. The lowest BCUT2D eigenvalue weighted by Crippen LogP contribution is -2.40. The topological polar surface area (TPSA) is 71.4 Å². The number of carbonyl (C=O) groups is 3. The third-order valence-electron chi connectivity index (χ3n) is 5.53. The van der Waals surface area contributed by atoms with E-state index >= 15 is 0 Å². The van der Waals surface area contributed by atoms with Crippen molar-refractivity contribution in [2.75, 3.05) is 0 Å². The standard InChI is InChI=1S/C23H23FO4/c1-13(2)21(25)20(23(27)28)19(15-7-10-16(24)11-8-15)18-12-9-14-5-3-4-6-17(14)22(18)26/h3-8,10-11,13,18-20H,9,12H2,1-2H3,(H,27,28). The van der Waals surface area contributed by atoms with Gasteiger partial charge in [-0.1, -0.05) is 50.2 Å². The van der Waals surface area contributed by atoms with Gasteiger partial charge in [-0.25, -0.2) is 4.39 Å². The van der Waals surface area contributed by atoms with Crippen LogP contribution in [-0.4, -0.2) is 22.6 Å². The quantitative estimate of drug-likeness (QED) is 0.757. The van der Waals surface area contributed by atoms with E-state index in [4.69, 9.17) is 0 Å². The first-order valence-corrected chi connectivity index (χ1v) is 9.45. The van der Waals surface area contributed by atoms with Gasteiger partial charge in [0.25, 0.3) is 0 Å². The zero-order valence-corrected chi connectivity index (χ0v) is 15.9. The lowest BCUT2D eigenvalue weighted by atomic mass is 9.67. The molecule has 0 spiro atoms. The molecule has 28 heavy (non-hydrogen) atoms. The number of hydrogen-bond donors (Lipinski definition) is 1. The van der Waals surface area contributed by atoms with E-state index < -0.39 is 41.2 Å². The lowest BCUT2D eigenvalue weighted by molar-refractivity contribution is -0.148. The van der Waals surface area contributed by atoms with Gasteiger partial charge < -0.3 is 5.11 Å². The first-order chi connectivity index (χ1) is 13.3. The van der Waals surface area contributed by atoms with Crippen LogP contribution < -0.4 is 0 Å². The second-order valence-corrected chi connectivity index (χ2v) is 7.62. The van der Waals surface area contributed by atoms with Crippen LogP contribution in [0, 0.1) is 23.6 Å². The molecule has 0 saturated heterocycles. The summed E-state index contributed by atoms with van der Waals surface area (Å²) in [5.74, 6) is -5.62. The van der Waals surface area contributed by atoms with E-state index in [2.05, 4.69) is 0 Å². The van der Waals surface area contributed by atoms with Gasteiger partial charge in [-0.2, -0.15) is 0 Å². The molecule has 146 valence electrons. The number of carbonyl (C=O) groups excluding carboxylic acids is 2. The number of fused-ring (bicyclic) bond motifs is 1. The van der Waals surface area contributed by atoms with Crippen molar-refractivity contribution in [2.45, 2.75) is 32.6 Å². The zero-order chi connectivity index (χ0) is 20.4. The molecule has 1 aliphatic rings. The van der Waals surface area contributed by atoms with Gasteiger partial charge in [-0.05, 0) is 36.1 Å². The molecular formula is C23H23FO4. The van der Waals surface area contributed by atoms with Crippen molar-refractivity contribution in [2.24, 2.45) is 17.8 Å². The van der Waals surface area contributed by atoms with Crippen LogP contribution in [-0.2, 0) is 16.0 Å². The van der Waals surface area contributed by atoms with Gasteiger partial charge >= 0.3 is 5.97 Å². The Labute approximate surface area is 163 Å². The summed E-state index contributed by atoms with van der Waals surface area (Å²) in [6, 6.07) is 12.7. The SMILES string of the molecule is CC(C)C(=O)C(C(=O)O)C(c1ccc(F)cc1)C1CCc2ccccc2C1=O. The normalized spacial score (nSPS) is 18.4. The maximum absolute atomic E-state index is 13.5. The summed E-state index contributed by atoms with van der Waals surface area (Å²) in [7, 11) is 0. The van der Waals surface area contributed by atoms with Gasteiger partial charge in [0, 0.05) is 23.3 Å². The van der Waals surface area contributed by atoms with Crippen LogP contribution in [0.25, 0.3) is 0 Å². The minimum absolute atomic E-state index is 0.154. The average molecular weight is 382 g/mol. The van der Waals surface area contributed by atoms with Crippen LogP contribution in [0.5, 0.6) is 0 Å². The van der Waals surface area contributed by atoms with E-state index in [1.54, 1.807) is 26.0 Å². The monoisotopic (exact) mass is 382 g/mol. The Morgan fingerprint density at radius 3 is 2.32 bits per heavy atom. The molecule has 3 atom stereocenters. The molecule has 4 nitrogen and oxygen atoms in total. The highest BCUT2D eigenvalue weighted by atomic mass is 19.1. The van der Waals surface area contributed by atoms with Crippen LogP contribution in [0.4, 0.5) is 4.39 Å². The van der Waals surface area contributed by atoms with Gasteiger partial charge in [0.1, 0.15) is 17.5 Å². The van der Waals surface area contributed by atoms with Crippen LogP contribution in [0.2, 0.25) is 0 Å². The van der Waals surface area contributed by atoms with Crippen LogP contribution >= 0.6 is 0 Å². The van der Waals surface area contributed by atoms with E-state index in [0.717, 1.165) is 5.56 Å². The summed E-state index contributed by atoms with van der Waals surface area (Å²) in [4.78, 5) is 38.2. The molecule has 0 aliphatic heterocycles. The van der Waals surface area contributed by atoms with Crippen molar-refractivity contribution < 1.29 is 23.9 Å². The Kier molecular flexibility index (Phi) is 5.73. The first-order valence-electron chi connectivity index (χ1n) is 9.45. The van der Waals surface area contributed by atoms with Crippen molar-refractivity contribution >= 4 is 17.5 Å². The molecular weight excluding hydrogens is 359 g/mol. The second-order valence-electron chi connectivity index (χ2n) is 7.62. The Morgan fingerprint density at radius 1 is 1.07 bits per heavy atom. The van der Waals surface area contributed by atoms with E-state index in [0.29, 0.717) is 24.0 Å². The molecule has 1 N–H and O–H groups in total. The Hall–Kier alpha value is -2.82. The van der Waals surface area contributed by atoms with Crippen molar-refractivity contribution in [1.82, 2.24) is 0 Å². The molecule has 3 unspecified atom stereocenters. The molecule has 0 amide bonds. The number of Topliss-reactive ketones (excluding diaryl/α,β-unsaturated/α-hetero) is 2. The van der Waals surface area contributed by atoms with E-state index in [9.17, 15) is 23.9 Å². The molecule has 5 heteroatoms. The predicted molar refractivity (Wildman–Crippen MR) is 103 cm³/mol. The maximum Gasteiger partial charge on any atom is 0.314 e. The van der Waals surface area contributed by atoms with E-state index in [1.807, 2.05) is 12.1 Å². The highest BCUT2D eigenvalue weighted by Crippen LogP contribution is 2.41. The van der Waals surface area contributed by atoms with E-state index in [-0.39, 0.29) is 5.78 Å². The van der Waals surface area contributed by atoms with Crippen molar-refractivity contribution in [1.29, 1.82) is 0 Å². The smallest absolute Gasteiger partial charge is 0.314 e. The Balaban J connectivity index is 2.11. The molecule has 2 aromatic carbocycles. The number of halogens is 1. The minimum atomic E-state index is -1.36. The Bertz CT molecular complexity index is 901. The van der Waals surface area contributed by atoms with Crippen LogP contribution in [0.15, 0.2) is 48.5 Å². The molecule has 0 aromatic heterocycles. The molecule has 2 aromatic rings. The zero-order valence-electron chi connectivity index (χ0n) is 15.9. The van der Waals surface area contributed by atoms with Gasteiger partial charge in [0.2, 0.25) is 0 Å². The summed E-state index contributed by atoms with van der Waals surface area (Å²) in [5, 5.41) is 9.88. The van der Waals surface area contributed by atoms with Gasteiger partial charge in [0.05, 0.1) is 0 Å². The van der Waals surface area contributed by atoms with Crippen LogP contribution in [0.3, 0.4) is 0 Å². The van der Waals surface area contributed by atoms with Crippen LogP contribution in [0.1, 0.15) is 47.7 Å². The average Bonchev–Trinajstić information content (AvgIpc) is 2.67. The first kappa shape index (κ1) is 19.9. The summed E-state index contributed by atoms with van der Waals surface area (Å²) >= 11 is 0. The summed E-state index contributed by atoms with van der Waals surface area (Å²) < 4.78 is 13.5. The van der Waals surface area contributed by atoms with E-state index in [1.165, 1.54) is 24.3 Å². The maximum atomic E-state index is 13.5. The molecule has 0 radical (unpaired) electrons. The van der Waals surface area contributed by atoms with Gasteiger partial charge in [-0.15, -0.1) is 0 Å². The number of aryl methyl sites for hydroxylation is 1. The third kappa shape index (κ3) is 3.75. The largest absolute Gasteiger partial charge is 0.481 e. The number of hydrogen-bond acceptors (Lipinski definition) is 3. The number of benzene rings is 2. The van der Waals surface area contributed by atoms with Gasteiger partial charge in [0.15, 0.2) is 5.78 Å². The van der Waals surface area contributed by atoms with Gasteiger partial charge in [-0.3, -0.25) is 14.4 Å². The number of carboxylic acids is 1. The Morgan fingerprint density at radius 2 is 1.71 bits per heavy atom. The highest BCUT2D eigenvalue weighted by Gasteiger charge is 2.45.